The number of hydrogen-bond donors (Lipinski definition) is 0. The van der Waals surface area contributed by atoms with Crippen molar-refractivity contribution in [2.24, 2.45) is 0 Å². The maximum Gasteiger partial charge on any atom is 0.377 e. The van der Waals surface area contributed by atoms with E-state index in [4.69, 9.17) is 4.74 Å². The summed E-state index contributed by atoms with van der Waals surface area (Å²) in [4.78, 5) is 16.1. The van der Waals surface area contributed by atoms with E-state index in [2.05, 4.69) is 23.9 Å². The monoisotopic (exact) mass is 339 g/mol. The van der Waals surface area contributed by atoms with Crippen LogP contribution in [0.5, 0.6) is 0 Å². The summed E-state index contributed by atoms with van der Waals surface area (Å²) in [5, 5.41) is 4.22. The normalized spacial score (nSPS) is 10.9. The lowest BCUT2D eigenvalue weighted by molar-refractivity contribution is 0.0587. The topological polar surface area (TPSA) is 57.0 Å². The van der Waals surface area contributed by atoms with Crippen LogP contribution in [-0.4, -0.2) is 27.8 Å². The molecule has 0 fully saturated rings. The van der Waals surface area contributed by atoms with Crippen LogP contribution in [0, 0.1) is 5.82 Å². The lowest BCUT2D eigenvalue weighted by Crippen LogP contribution is -2.05. The third kappa shape index (κ3) is 3.42. The van der Waals surface area contributed by atoms with Gasteiger partial charge in [-0.25, -0.2) is 18.9 Å². The molecule has 3 aromatic rings. The molecule has 3 rings (SSSR count). The van der Waals surface area contributed by atoms with Crippen LogP contribution < -0.4 is 0 Å². The fourth-order valence-electron chi connectivity index (χ4n) is 2.46. The van der Waals surface area contributed by atoms with Gasteiger partial charge in [0, 0.05) is 5.56 Å². The van der Waals surface area contributed by atoms with E-state index >= 15 is 0 Å². The summed E-state index contributed by atoms with van der Waals surface area (Å²) in [6.07, 6.45) is 0. The molecule has 25 heavy (non-hydrogen) atoms. The Labute approximate surface area is 145 Å². The molecule has 0 aliphatic rings. The van der Waals surface area contributed by atoms with Gasteiger partial charge in [-0.15, -0.1) is 5.10 Å². The highest BCUT2D eigenvalue weighted by atomic mass is 19.1. The van der Waals surface area contributed by atoms with Gasteiger partial charge in [-0.05, 0) is 35.7 Å². The van der Waals surface area contributed by atoms with E-state index in [0.29, 0.717) is 17.4 Å². The zero-order valence-corrected chi connectivity index (χ0v) is 14.2. The van der Waals surface area contributed by atoms with E-state index in [1.165, 1.54) is 29.5 Å². The van der Waals surface area contributed by atoms with Crippen LogP contribution >= 0.6 is 0 Å². The minimum absolute atomic E-state index is 0.0465. The van der Waals surface area contributed by atoms with Crippen LogP contribution in [0.2, 0.25) is 0 Å². The molecule has 2 aromatic carbocycles. The van der Waals surface area contributed by atoms with Gasteiger partial charge in [0.15, 0.2) is 5.82 Å². The van der Waals surface area contributed by atoms with Crippen LogP contribution in [0.1, 0.15) is 35.9 Å². The predicted molar refractivity (Wildman–Crippen MR) is 92.2 cm³/mol. The van der Waals surface area contributed by atoms with Crippen molar-refractivity contribution in [3.63, 3.8) is 0 Å². The van der Waals surface area contributed by atoms with Crippen molar-refractivity contribution in [3.8, 4) is 17.1 Å². The van der Waals surface area contributed by atoms with Crippen molar-refractivity contribution < 1.29 is 13.9 Å². The number of halogens is 1. The number of hydrogen-bond acceptors (Lipinski definition) is 4. The minimum Gasteiger partial charge on any atom is -0.463 e. The van der Waals surface area contributed by atoms with E-state index in [9.17, 15) is 9.18 Å². The number of carbonyl (C=O) groups is 1. The molecule has 0 radical (unpaired) electrons. The third-order valence-corrected chi connectivity index (χ3v) is 3.88. The lowest BCUT2D eigenvalue weighted by atomic mass is 10.0. The lowest BCUT2D eigenvalue weighted by Gasteiger charge is -2.08. The van der Waals surface area contributed by atoms with Crippen LogP contribution in [0.4, 0.5) is 4.39 Å². The second-order valence-corrected chi connectivity index (χ2v) is 5.92. The number of benzene rings is 2. The Morgan fingerprint density at radius 2 is 1.72 bits per heavy atom. The largest absolute Gasteiger partial charge is 0.463 e. The highest BCUT2D eigenvalue weighted by molar-refractivity contribution is 5.85. The average Bonchev–Trinajstić information content (AvgIpc) is 3.07. The second-order valence-electron chi connectivity index (χ2n) is 5.92. The molecule has 0 unspecified atom stereocenters. The highest BCUT2D eigenvalue weighted by Gasteiger charge is 2.19. The van der Waals surface area contributed by atoms with Crippen molar-refractivity contribution in [1.82, 2.24) is 14.8 Å². The Bertz CT molecular complexity index is 884. The zero-order chi connectivity index (χ0) is 18.0. The summed E-state index contributed by atoms with van der Waals surface area (Å²) in [6.45, 7) is 4.23. The zero-order valence-electron chi connectivity index (χ0n) is 14.2. The van der Waals surface area contributed by atoms with E-state index in [-0.39, 0.29) is 11.6 Å². The molecule has 5 nitrogen and oxygen atoms in total. The Hall–Kier alpha value is -3.02. The number of rotatable bonds is 4. The molecule has 0 spiro atoms. The first-order valence-corrected chi connectivity index (χ1v) is 7.91. The molecule has 0 amide bonds. The van der Waals surface area contributed by atoms with Gasteiger partial charge < -0.3 is 4.74 Å². The van der Waals surface area contributed by atoms with Crippen LogP contribution in [0.25, 0.3) is 17.1 Å². The van der Waals surface area contributed by atoms with Crippen LogP contribution in [0.15, 0.2) is 48.5 Å². The number of esters is 1. The molecule has 0 saturated carbocycles. The van der Waals surface area contributed by atoms with Crippen LogP contribution in [0.3, 0.4) is 0 Å². The smallest absolute Gasteiger partial charge is 0.377 e. The summed E-state index contributed by atoms with van der Waals surface area (Å²) in [5.74, 6) is -0.118. The van der Waals surface area contributed by atoms with Crippen molar-refractivity contribution in [3.05, 3.63) is 65.7 Å². The summed E-state index contributed by atoms with van der Waals surface area (Å²) >= 11 is 0. The summed E-state index contributed by atoms with van der Waals surface area (Å²) in [6, 6.07) is 13.7. The SMILES string of the molecule is COC(=O)c1nc(-c2ccc(C(C)C)cc2)n(-c2ccc(F)cc2)n1. The highest BCUT2D eigenvalue weighted by Crippen LogP contribution is 2.24. The Kier molecular flexibility index (Phi) is 4.61. The van der Waals surface area contributed by atoms with Gasteiger partial charge in [-0.3, -0.25) is 0 Å². The first-order valence-electron chi connectivity index (χ1n) is 7.91. The summed E-state index contributed by atoms with van der Waals surface area (Å²) < 4.78 is 19.4. The van der Waals surface area contributed by atoms with Crippen LogP contribution in [-0.2, 0) is 4.74 Å². The molecular formula is C19H18FN3O2. The molecule has 0 aliphatic carbocycles. The quantitative estimate of drug-likeness (QED) is 0.675. The van der Waals surface area contributed by atoms with Gasteiger partial charge in [-0.1, -0.05) is 38.1 Å². The molecule has 128 valence electrons. The third-order valence-electron chi connectivity index (χ3n) is 3.88. The number of methoxy groups -OCH3 is 1. The molecule has 1 heterocycles. The molecule has 0 bridgehead atoms. The predicted octanol–water partition coefficient (Wildman–Crippen LogP) is 3.98. The number of carbonyl (C=O) groups excluding carboxylic acids is 1. The van der Waals surface area contributed by atoms with Crippen molar-refractivity contribution in [2.75, 3.05) is 7.11 Å². The fourth-order valence-corrected chi connectivity index (χ4v) is 2.46. The molecular weight excluding hydrogens is 321 g/mol. The van der Waals surface area contributed by atoms with Crippen molar-refractivity contribution in [1.29, 1.82) is 0 Å². The maximum atomic E-state index is 13.2. The number of ether oxygens (including phenoxy) is 1. The van der Waals surface area contributed by atoms with Gasteiger partial charge in [-0.2, -0.15) is 0 Å². The minimum atomic E-state index is -0.624. The van der Waals surface area contributed by atoms with Crippen molar-refractivity contribution >= 4 is 5.97 Å². The van der Waals surface area contributed by atoms with Gasteiger partial charge in [0.2, 0.25) is 0 Å². The van der Waals surface area contributed by atoms with Gasteiger partial charge >= 0.3 is 5.97 Å². The van der Waals surface area contributed by atoms with Gasteiger partial charge in [0.25, 0.3) is 5.82 Å². The Morgan fingerprint density at radius 1 is 1.08 bits per heavy atom. The number of aromatic nitrogens is 3. The Morgan fingerprint density at radius 3 is 2.28 bits per heavy atom. The first kappa shape index (κ1) is 16.8. The van der Waals surface area contributed by atoms with E-state index in [1.807, 2.05) is 24.3 Å². The molecule has 0 aliphatic heterocycles. The van der Waals surface area contributed by atoms with Gasteiger partial charge in [0.05, 0.1) is 12.8 Å². The van der Waals surface area contributed by atoms with E-state index in [0.717, 1.165) is 5.56 Å². The van der Waals surface area contributed by atoms with Crippen molar-refractivity contribution in [2.45, 2.75) is 19.8 Å². The summed E-state index contributed by atoms with van der Waals surface area (Å²) in [7, 11) is 1.28. The van der Waals surface area contributed by atoms with E-state index in [1.54, 1.807) is 12.1 Å². The summed E-state index contributed by atoms with van der Waals surface area (Å²) in [5.41, 5.74) is 2.60. The number of nitrogens with zero attached hydrogens (tertiary/aromatic N) is 3. The maximum absolute atomic E-state index is 13.2. The first-order chi connectivity index (χ1) is 12.0. The molecule has 1 aromatic heterocycles. The van der Waals surface area contributed by atoms with Gasteiger partial charge in [0.1, 0.15) is 5.82 Å². The standard InChI is InChI=1S/C19H18FN3O2/c1-12(2)13-4-6-14(7-5-13)18-21-17(19(24)25-3)22-23(18)16-10-8-15(20)9-11-16/h4-12H,1-3H3. The molecule has 0 N–H and O–H groups in total. The average molecular weight is 339 g/mol. The molecule has 6 heteroatoms. The second kappa shape index (κ2) is 6.84. The van der Waals surface area contributed by atoms with E-state index < -0.39 is 5.97 Å². The fraction of sp³-hybridized carbons (Fsp3) is 0.211. The Balaban J connectivity index is 2.11. The molecule has 0 saturated heterocycles. The molecule has 0 atom stereocenters.